The van der Waals surface area contributed by atoms with Crippen molar-refractivity contribution in [2.45, 2.75) is 12.0 Å². The molecule has 0 saturated carbocycles. The van der Waals surface area contributed by atoms with E-state index in [-0.39, 0.29) is 19.1 Å². The fourth-order valence-corrected chi connectivity index (χ4v) is 2.36. The number of nitrogens with one attached hydrogen (secondary N) is 2. The van der Waals surface area contributed by atoms with E-state index >= 15 is 0 Å². The van der Waals surface area contributed by atoms with Crippen LogP contribution in [-0.4, -0.2) is 41.4 Å². The molecule has 2 aromatic rings. The molecule has 1 unspecified atom stereocenters. The molecular formula is C14H16N2O3. The summed E-state index contributed by atoms with van der Waals surface area (Å²) in [7, 11) is 0. The lowest BCUT2D eigenvalue weighted by atomic mass is 10.0. The van der Waals surface area contributed by atoms with Gasteiger partial charge in [-0.05, 0) is 18.2 Å². The van der Waals surface area contributed by atoms with E-state index in [4.69, 9.17) is 4.74 Å². The van der Waals surface area contributed by atoms with Crippen LogP contribution in [0.25, 0.3) is 10.9 Å². The van der Waals surface area contributed by atoms with Gasteiger partial charge in [-0.15, -0.1) is 0 Å². The first-order valence-electron chi connectivity index (χ1n) is 6.32. The predicted molar refractivity (Wildman–Crippen MR) is 71.0 cm³/mol. The highest BCUT2D eigenvalue weighted by molar-refractivity contribution is 6.06. The minimum absolute atomic E-state index is 0.175. The van der Waals surface area contributed by atoms with Crippen LogP contribution in [0.15, 0.2) is 30.5 Å². The van der Waals surface area contributed by atoms with E-state index in [0.717, 1.165) is 10.9 Å². The highest BCUT2D eigenvalue weighted by Gasteiger charge is 2.32. The number of benzene rings is 1. The van der Waals surface area contributed by atoms with Crippen LogP contribution in [0.5, 0.6) is 0 Å². The van der Waals surface area contributed by atoms with E-state index in [1.165, 1.54) is 0 Å². The monoisotopic (exact) mass is 260 g/mol. The first-order chi connectivity index (χ1) is 9.18. The van der Waals surface area contributed by atoms with E-state index in [1.54, 1.807) is 12.3 Å². The van der Waals surface area contributed by atoms with Crippen LogP contribution in [0.2, 0.25) is 0 Å². The number of aromatic nitrogens is 1. The number of hydrogen-bond acceptors (Lipinski definition) is 3. The summed E-state index contributed by atoms with van der Waals surface area (Å²) in [5.41, 5.74) is 0.610. The first-order valence-corrected chi connectivity index (χ1v) is 6.32. The number of ether oxygens (including phenoxy) is 1. The molecule has 1 aromatic heterocycles. The summed E-state index contributed by atoms with van der Waals surface area (Å²) in [6.45, 7) is 1.04. The number of rotatable bonds is 3. The molecule has 1 aromatic carbocycles. The molecule has 1 amide bonds. The number of carbonyl (C=O) groups excluding carboxylic acids is 1. The van der Waals surface area contributed by atoms with Crippen molar-refractivity contribution in [2.75, 3.05) is 19.8 Å². The smallest absolute Gasteiger partial charge is 0.252 e. The summed E-state index contributed by atoms with van der Waals surface area (Å²) < 4.78 is 5.15. The number of fused-ring (bicyclic) bond motifs is 1. The quantitative estimate of drug-likeness (QED) is 0.772. The van der Waals surface area contributed by atoms with Gasteiger partial charge in [0.15, 0.2) is 0 Å². The topological polar surface area (TPSA) is 74.3 Å². The van der Waals surface area contributed by atoms with Crippen molar-refractivity contribution in [2.24, 2.45) is 0 Å². The largest absolute Gasteiger partial charge is 0.386 e. The molecule has 5 heteroatoms. The third kappa shape index (κ3) is 2.34. The van der Waals surface area contributed by atoms with E-state index < -0.39 is 5.60 Å². The maximum absolute atomic E-state index is 12.2. The van der Waals surface area contributed by atoms with E-state index in [9.17, 15) is 9.90 Å². The van der Waals surface area contributed by atoms with Gasteiger partial charge in [-0.3, -0.25) is 4.79 Å². The molecule has 3 N–H and O–H groups in total. The lowest BCUT2D eigenvalue weighted by Crippen LogP contribution is -2.43. The second-order valence-electron chi connectivity index (χ2n) is 4.95. The van der Waals surface area contributed by atoms with Crippen LogP contribution in [0.3, 0.4) is 0 Å². The molecule has 1 saturated heterocycles. The molecule has 2 heterocycles. The highest BCUT2D eigenvalue weighted by Crippen LogP contribution is 2.19. The lowest BCUT2D eigenvalue weighted by Gasteiger charge is -2.20. The lowest BCUT2D eigenvalue weighted by molar-refractivity contribution is 0.0265. The molecule has 19 heavy (non-hydrogen) atoms. The Labute approximate surface area is 110 Å². The van der Waals surface area contributed by atoms with Gasteiger partial charge in [-0.25, -0.2) is 0 Å². The second kappa shape index (κ2) is 4.68. The SMILES string of the molecule is O=C(NCC1(O)CCOC1)c1cccc2[nH]ccc12. The van der Waals surface area contributed by atoms with Gasteiger partial charge in [0.05, 0.1) is 6.61 Å². The minimum Gasteiger partial charge on any atom is -0.386 e. The summed E-state index contributed by atoms with van der Waals surface area (Å²) in [6, 6.07) is 7.41. The summed E-state index contributed by atoms with van der Waals surface area (Å²) >= 11 is 0. The molecule has 1 fully saturated rings. The van der Waals surface area contributed by atoms with Crippen molar-refractivity contribution in [3.8, 4) is 0 Å². The van der Waals surface area contributed by atoms with Crippen molar-refractivity contribution >= 4 is 16.8 Å². The highest BCUT2D eigenvalue weighted by atomic mass is 16.5. The van der Waals surface area contributed by atoms with Crippen molar-refractivity contribution in [3.63, 3.8) is 0 Å². The van der Waals surface area contributed by atoms with Gasteiger partial charge in [-0.1, -0.05) is 6.07 Å². The zero-order chi connectivity index (χ0) is 13.3. The number of aromatic amines is 1. The number of hydrogen-bond donors (Lipinski definition) is 3. The molecule has 5 nitrogen and oxygen atoms in total. The number of aliphatic hydroxyl groups is 1. The van der Waals surface area contributed by atoms with Gasteiger partial charge in [-0.2, -0.15) is 0 Å². The Morgan fingerprint density at radius 1 is 1.47 bits per heavy atom. The van der Waals surface area contributed by atoms with Gasteiger partial charge < -0.3 is 20.1 Å². The van der Waals surface area contributed by atoms with Gasteiger partial charge in [0.1, 0.15) is 5.60 Å². The van der Waals surface area contributed by atoms with Crippen LogP contribution in [-0.2, 0) is 4.74 Å². The average molecular weight is 260 g/mol. The number of carbonyl (C=O) groups is 1. The van der Waals surface area contributed by atoms with Gasteiger partial charge in [0.2, 0.25) is 0 Å². The maximum Gasteiger partial charge on any atom is 0.252 e. The number of H-pyrrole nitrogens is 1. The molecule has 0 radical (unpaired) electrons. The fourth-order valence-electron chi connectivity index (χ4n) is 2.36. The van der Waals surface area contributed by atoms with Crippen LogP contribution in [0, 0.1) is 0 Å². The summed E-state index contributed by atoms with van der Waals surface area (Å²) in [5, 5.41) is 13.8. The summed E-state index contributed by atoms with van der Waals surface area (Å²) in [5.74, 6) is -0.175. The molecular weight excluding hydrogens is 244 g/mol. The van der Waals surface area contributed by atoms with E-state index in [0.29, 0.717) is 18.6 Å². The van der Waals surface area contributed by atoms with Gasteiger partial charge >= 0.3 is 0 Å². The van der Waals surface area contributed by atoms with Crippen LogP contribution in [0.4, 0.5) is 0 Å². The van der Waals surface area contributed by atoms with Crippen molar-refractivity contribution in [1.82, 2.24) is 10.3 Å². The summed E-state index contributed by atoms with van der Waals surface area (Å²) in [4.78, 5) is 15.2. The Morgan fingerprint density at radius 3 is 3.16 bits per heavy atom. The van der Waals surface area contributed by atoms with Gasteiger partial charge in [0, 0.05) is 42.2 Å². The molecule has 0 bridgehead atoms. The van der Waals surface area contributed by atoms with E-state index in [2.05, 4.69) is 10.3 Å². The summed E-state index contributed by atoms with van der Waals surface area (Å²) in [6.07, 6.45) is 2.36. The minimum atomic E-state index is -0.929. The second-order valence-corrected chi connectivity index (χ2v) is 4.95. The zero-order valence-corrected chi connectivity index (χ0v) is 10.5. The third-order valence-electron chi connectivity index (χ3n) is 3.50. The Hall–Kier alpha value is -1.85. The molecule has 3 rings (SSSR count). The van der Waals surface area contributed by atoms with Crippen molar-refractivity contribution in [3.05, 3.63) is 36.0 Å². The van der Waals surface area contributed by atoms with Crippen molar-refractivity contribution in [1.29, 1.82) is 0 Å². The molecule has 0 spiro atoms. The Morgan fingerprint density at radius 2 is 2.37 bits per heavy atom. The Kier molecular flexibility index (Phi) is 3.00. The Bertz CT molecular complexity index is 600. The standard InChI is InChI=1S/C14H16N2O3/c17-13(16-8-14(18)5-7-19-9-14)11-2-1-3-12-10(11)4-6-15-12/h1-4,6,15,18H,5,7-9H2,(H,16,17). The zero-order valence-electron chi connectivity index (χ0n) is 10.5. The normalized spacial score (nSPS) is 22.8. The molecule has 1 aliphatic rings. The molecule has 1 atom stereocenters. The number of amides is 1. The van der Waals surface area contributed by atoms with E-state index in [1.807, 2.05) is 18.2 Å². The van der Waals surface area contributed by atoms with Crippen LogP contribution in [0.1, 0.15) is 16.8 Å². The first kappa shape index (κ1) is 12.2. The maximum atomic E-state index is 12.2. The predicted octanol–water partition coefficient (Wildman–Crippen LogP) is 1.05. The average Bonchev–Trinajstić information content (AvgIpc) is 3.04. The third-order valence-corrected chi connectivity index (χ3v) is 3.50. The fraction of sp³-hybridized carbons (Fsp3) is 0.357. The van der Waals surface area contributed by atoms with Gasteiger partial charge in [0.25, 0.3) is 5.91 Å². The molecule has 100 valence electrons. The van der Waals surface area contributed by atoms with Crippen LogP contribution >= 0.6 is 0 Å². The van der Waals surface area contributed by atoms with Crippen LogP contribution < -0.4 is 5.32 Å². The Balaban J connectivity index is 1.75. The molecule has 0 aliphatic carbocycles. The van der Waals surface area contributed by atoms with Crippen molar-refractivity contribution < 1.29 is 14.6 Å². The molecule has 1 aliphatic heterocycles.